The van der Waals surface area contributed by atoms with Gasteiger partial charge in [-0.1, -0.05) is 62.2 Å². The molecule has 0 aromatic heterocycles. The summed E-state index contributed by atoms with van der Waals surface area (Å²) in [6.07, 6.45) is -0.823. The van der Waals surface area contributed by atoms with E-state index in [-0.39, 0.29) is 11.5 Å². The molecule has 2 atom stereocenters. The summed E-state index contributed by atoms with van der Waals surface area (Å²) in [5.41, 5.74) is 9.23. The Bertz CT molecular complexity index is 1270. The highest BCUT2D eigenvalue weighted by atomic mass is 16.6. The highest BCUT2D eigenvalue weighted by Crippen LogP contribution is 2.37. The summed E-state index contributed by atoms with van der Waals surface area (Å²) in [6.45, 7) is 10.9. The number of rotatable bonds is 7. The first-order valence-electron chi connectivity index (χ1n) is 12.0. The minimum absolute atomic E-state index is 0.00166. The second kappa shape index (κ2) is 11.4. The summed E-state index contributed by atoms with van der Waals surface area (Å²) in [6, 6.07) is 17.9. The molecule has 2 N–H and O–H groups in total. The number of carbonyl (C=O) groups excluding carboxylic acids is 3. The van der Waals surface area contributed by atoms with Gasteiger partial charge >= 0.3 is 17.9 Å². The van der Waals surface area contributed by atoms with Gasteiger partial charge in [-0.05, 0) is 61.2 Å². The number of carbonyl (C=O) groups is 3. The molecule has 0 fully saturated rings. The summed E-state index contributed by atoms with van der Waals surface area (Å²) in [5, 5.41) is 0. The van der Waals surface area contributed by atoms with Crippen molar-refractivity contribution in [2.45, 2.75) is 53.7 Å². The summed E-state index contributed by atoms with van der Waals surface area (Å²) < 4.78 is 16.9. The number of ether oxygens (including phenoxy) is 3. The molecule has 37 heavy (non-hydrogen) atoms. The summed E-state index contributed by atoms with van der Waals surface area (Å²) in [7, 11) is 0. The second-order valence-electron chi connectivity index (χ2n) is 10.1. The summed E-state index contributed by atoms with van der Waals surface area (Å²) >= 11 is 0. The fraction of sp³-hybridized carbons (Fsp3) is 0.300. The lowest BCUT2D eigenvalue weighted by Gasteiger charge is -2.34. The molecular weight excluding hydrogens is 470 g/mol. The Morgan fingerprint density at radius 3 is 1.62 bits per heavy atom. The van der Waals surface area contributed by atoms with Gasteiger partial charge in [0.05, 0.1) is 17.2 Å². The normalized spacial score (nSPS) is 12.8. The first-order valence-corrected chi connectivity index (χ1v) is 12.0. The largest absolute Gasteiger partial charge is 0.456 e. The van der Waals surface area contributed by atoms with Gasteiger partial charge in [0.1, 0.15) is 6.10 Å². The molecule has 0 heterocycles. The molecule has 3 aromatic rings. The number of hydrogen-bond acceptors (Lipinski definition) is 7. The molecule has 3 rings (SSSR count). The third-order valence-electron chi connectivity index (χ3n) is 5.90. The van der Waals surface area contributed by atoms with Gasteiger partial charge in [0.25, 0.3) is 0 Å². The van der Waals surface area contributed by atoms with Crippen molar-refractivity contribution >= 4 is 17.9 Å². The van der Waals surface area contributed by atoms with Crippen LogP contribution in [0.4, 0.5) is 0 Å². The minimum atomic E-state index is -0.823. The van der Waals surface area contributed by atoms with Gasteiger partial charge < -0.3 is 19.9 Å². The Morgan fingerprint density at radius 1 is 0.730 bits per heavy atom. The Balaban J connectivity index is 2.02. The smallest absolute Gasteiger partial charge is 0.343 e. The quantitative estimate of drug-likeness (QED) is 0.325. The van der Waals surface area contributed by atoms with Crippen molar-refractivity contribution in [2.75, 3.05) is 0 Å². The van der Waals surface area contributed by atoms with Crippen molar-refractivity contribution in [1.82, 2.24) is 0 Å². The van der Waals surface area contributed by atoms with Crippen LogP contribution in [0.5, 0.6) is 11.5 Å². The molecular formula is C30H33NO6. The van der Waals surface area contributed by atoms with E-state index >= 15 is 0 Å². The maximum absolute atomic E-state index is 13.0. The average Bonchev–Trinajstić information content (AvgIpc) is 2.83. The van der Waals surface area contributed by atoms with Crippen molar-refractivity contribution in [3.63, 3.8) is 0 Å². The molecule has 0 amide bonds. The van der Waals surface area contributed by atoms with Crippen LogP contribution in [0.25, 0.3) is 0 Å². The molecule has 194 valence electrons. The Kier molecular flexibility index (Phi) is 8.50. The maximum Gasteiger partial charge on any atom is 0.343 e. The van der Waals surface area contributed by atoms with E-state index in [2.05, 4.69) is 0 Å². The topological polar surface area (TPSA) is 105 Å². The van der Waals surface area contributed by atoms with E-state index in [0.29, 0.717) is 16.7 Å². The maximum atomic E-state index is 13.0. The van der Waals surface area contributed by atoms with Gasteiger partial charge in [-0.2, -0.15) is 0 Å². The first kappa shape index (κ1) is 27.6. The lowest BCUT2D eigenvalue weighted by atomic mass is 9.81. The van der Waals surface area contributed by atoms with Crippen molar-refractivity contribution < 1.29 is 28.6 Å². The van der Waals surface area contributed by atoms with E-state index < -0.39 is 35.5 Å². The molecule has 0 aliphatic carbocycles. The second-order valence-corrected chi connectivity index (χ2v) is 10.1. The van der Waals surface area contributed by atoms with Crippen molar-refractivity contribution in [3.8, 4) is 11.5 Å². The highest BCUT2D eigenvalue weighted by Gasteiger charge is 2.33. The first-order chi connectivity index (χ1) is 17.3. The number of nitrogens with two attached hydrogens (primary N) is 1. The molecule has 2 unspecified atom stereocenters. The molecule has 0 aliphatic rings. The third-order valence-corrected chi connectivity index (χ3v) is 5.90. The van der Waals surface area contributed by atoms with E-state index in [4.69, 9.17) is 19.9 Å². The standard InChI is InChI=1S/C30H33NO6/c1-18-7-11-21(12-8-18)28(33)36-24-16-15-23(26(35-20(3)32)27(31)30(4,5)6)17-25(24)37-29(34)22-13-9-19(2)10-14-22/h7-17,26-27H,31H2,1-6H3. The Labute approximate surface area is 217 Å². The minimum Gasteiger partial charge on any atom is -0.456 e. The number of hydrogen-bond donors (Lipinski definition) is 1. The van der Waals surface area contributed by atoms with E-state index in [9.17, 15) is 14.4 Å². The SMILES string of the molecule is CC(=O)OC(c1ccc(OC(=O)c2ccc(C)cc2)c(OC(=O)c2ccc(C)cc2)c1)C(N)C(C)(C)C. The molecule has 0 radical (unpaired) electrons. The van der Waals surface area contributed by atoms with E-state index in [1.165, 1.54) is 19.1 Å². The Morgan fingerprint density at radius 2 is 1.19 bits per heavy atom. The van der Waals surface area contributed by atoms with Crippen LogP contribution < -0.4 is 15.2 Å². The van der Waals surface area contributed by atoms with Crippen LogP contribution in [-0.4, -0.2) is 23.9 Å². The van der Waals surface area contributed by atoms with Crippen LogP contribution >= 0.6 is 0 Å². The predicted molar refractivity (Wildman–Crippen MR) is 141 cm³/mol. The van der Waals surface area contributed by atoms with Gasteiger partial charge in [0.15, 0.2) is 11.5 Å². The fourth-order valence-electron chi connectivity index (χ4n) is 3.54. The van der Waals surface area contributed by atoms with Crippen LogP contribution in [0.3, 0.4) is 0 Å². The van der Waals surface area contributed by atoms with Gasteiger partial charge in [0, 0.05) is 6.92 Å². The molecule has 7 heteroatoms. The lowest BCUT2D eigenvalue weighted by Crippen LogP contribution is -2.42. The van der Waals surface area contributed by atoms with Crippen LogP contribution in [0.1, 0.15) is 71.2 Å². The molecule has 0 spiro atoms. The Hall–Kier alpha value is -3.97. The molecule has 0 bridgehead atoms. The van der Waals surface area contributed by atoms with Crippen molar-refractivity contribution in [1.29, 1.82) is 0 Å². The number of benzene rings is 3. The molecule has 3 aromatic carbocycles. The van der Waals surface area contributed by atoms with Crippen LogP contribution in [0.15, 0.2) is 66.7 Å². The summed E-state index contributed by atoms with van der Waals surface area (Å²) in [5.74, 6) is -1.70. The van der Waals surface area contributed by atoms with E-state index in [1.807, 2.05) is 34.6 Å². The van der Waals surface area contributed by atoms with Gasteiger partial charge in [-0.3, -0.25) is 4.79 Å². The van der Waals surface area contributed by atoms with E-state index in [0.717, 1.165) is 11.1 Å². The molecule has 0 aliphatic heterocycles. The van der Waals surface area contributed by atoms with Gasteiger partial charge in [0.2, 0.25) is 0 Å². The average molecular weight is 504 g/mol. The third kappa shape index (κ3) is 7.27. The van der Waals surface area contributed by atoms with Crippen molar-refractivity contribution in [3.05, 3.63) is 94.5 Å². The molecule has 0 saturated carbocycles. The van der Waals surface area contributed by atoms with Gasteiger partial charge in [-0.15, -0.1) is 0 Å². The van der Waals surface area contributed by atoms with Crippen LogP contribution in [-0.2, 0) is 9.53 Å². The summed E-state index contributed by atoms with van der Waals surface area (Å²) in [4.78, 5) is 37.7. The zero-order valence-corrected chi connectivity index (χ0v) is 22.0. The van der Waals surface area contributed by atoms with Gasteiger partial charge in [-0.25, -0.2) is 9.59 Å². The molecule has 0 saturated heterocycles. The predicted octanol–water partition coefficient (Wildman–Crippen LogP) is 5.72. The van der Waals surface area contributed by atoms with Crippen molar-refractivity contribution in [2.24, 2.45) is 11.1 Å². The lowest BCUT2D eigenvalue weighted by molar-refractivity contribution is -0.149. The monoisotopic (exact) mass is 503 g/mol. The zero-order valence-electron chi connectivity index (χ0n) is 22.0. The van der Waals surface area contributed by atoms with Crippen LogP contribution in [0.2, 0.25) is 0 Å². The van der Waals surface area contributed by atoms with E-state index in [1.54, 1.807) is 54.6 Å². The molecule has 7 nitrogen and oxygen atoms in total. The number of aryl methyl sites for hydroxylation is 2. The zero-order chi connectivity index (χ0) is 27.3. The van der Waals surface area contributed by atoms with Crippen LogP contribution in [0, 0.1) is 19.3 Å². The fourth-order valence-corrected chi connectivity index (χ4v) is 3.54. The number of esters is 3. The highest BCUT2D eigenvalue weighted by molar-refractivity contribution is 5.93.